The van der Waals surface area contributed by atoms with Crippen molar-refractivity contribution in [2.75, 3.05) is 13.1 Å². The van der Waals surface area contributed by atoms with Crippen molar-refractivity contribution >= 4 is 5.91 Å². The number of phenols is 1. The lowest BCUT2D eigenvalue weighted by molar-refractivity contribution is -0.172. The van der Waals surface area contributed by atoms with Crippen molar-refractivity contribution < 1.29 is 14.6 Å². The summed E-state index contributed by atoms with van der Waals surface area (Å²) < 4.78 is 6.25. The van der Waals surface area contributed by atoms with E-state index >= 15 is 0 Å². The van der Waals surface area contributed by atoms with Crippen molar-refractivity contribution in [3.8, 4) is 11.5 Å². The summed E-state index contributed by atoms with van der Waals surface area (Å²) in [6.07, 6.45) is 13.6. The molecule has 4 heteroatoms. The first-order chi connectivity index (χ1) is 20.8. The Bertz CT molecular complexity index is 1510. The zero-order valence-corrected chi connectivity index (χ0v) is 28.0. The smallest absolute Gasteiger partial charge is 0.228 e. The van der Waals surface area contributed by atoms with Gasteiger partial charge in [-0.15, -0.1) is 0 Å². The fraction of sp³-hybridized carbons (Fsp3) is 0.625. The maximum absolute atomic E-state index is 14.0. The van der Waals surface area contributed by atoms with Crippen molar-refractivity contribution in [1.29, 1.82) is 0 Å². The Balaban J connectivity index is 1.22. The number of carbonyl (C=O) groups excluding carboxylic acids is 1. The SMILES string of the molecule is Cc1c2c(cc(O)c1OCc1ccccc1)[C@]1(C)CC[C@@]3(C)[C@@H]4C[C@](C)(C(=O)N5CCCC5)CC[C@]4(C)CC[C@]3(C)C1=CC2. The predicted octanol–water partition coefficient (Wildman–Crippen LogP) is 9.06. The maximum Gasteiger partial charge on any atom is 0.228 e. The van der Waals surface area contributed by atoms with Crippen LogP contribution in [-0.4, -0.2) is 29.0 Å². The highest BCUT2D eigenvalue weighted by molar-refractivity contribution is 5.82. The van der Waals surface area contributed by atoms with Crippen molar-refractivity contribution in [3.05, 3.63) is 70.3 Å². The van der Waals surface area contributed by atoms with Gasteiger partial charge in [0.15, 0.2) is 11.5 Å². The minimum atomic E-state index is -0.247. The van der Waals surface area contributed by atoms with E-state index in [1.54, 1.807) is 5.57 Å². The van der Waals surface area contributed by atoms with E-state index in [2.05, 4.69) is 64.7 Å². The number of likely N-dealkylation sites (tertiary alicyclic amines) is 1. The molecule has 1 amide bonds. The van der Waals surface area contributed by atoms with E-state index in [-0.39, 0.29) is 27.4 Å². The van der Waals surface area contributed by atoms with Crippen LogP contribution in [0, 0.1) is 34.5 Å². The molecule has 7 rings (SSSR count). The summed E-state index contributed by atoms with van der Waals surface area (Å²) in [6.45, 7) is 16.9. The third-order valence-electron chi connectivity index (χ3n) is 14.2. The summed E-state index contributed by atoms with van der Waals surface area (Å²) in [6, 6.07) is 12.2. The number of phenolic OH excluding ortho intramolecular Hbond substituents is 1. The molecule has 4 nitrogen and oxygen atoms in total. The van der Waals surface area contributed by atoms with Crippen LogP contribution in [-0.2, 0) is 23.2 Å². The monoisotopic (exact) mass is 595 g/mol. The van der Waals surface area contributed by atoms with E-state index in [4.69, 9.17) is 4.74 Å². The largest absolute Gasteiger partial charge is 0.504 e. The molecule has 4 fully saturated rings. The van der Waals surface area contributed by atoms with E-state index in [9.17, 15) is 9.90 Å². The van der Waals surface area contributed by atoms with Crippen molar-refractivity contribution in [2.24, 2.45) is 27.6 Å². The second-order valence-corrected chi connectivity index (χ2v) is 16.5. The van der Waals surface area contributed by atoms with Crippen LogP contribution >= 0.6 is 0 Å². The van der Waals surface area contributed by atoms with E-state index in [1.807, 2.05) is 24.3 Å². The molecule has 1 heterocycles. The average Bonchev–Trinajstić information content (AvgIpc) is 3.55. The summed E-state index contributed by atoms with van der Waals surface area (Å²) in [5.41, 5.74) is 6.51. The molecule has 0 aromatic heterocycles. The van der Waals surface area contributed by atoms with Gasteiger partial charge < -0.3 is 14.7 Å². The summed E-state index contributed by atoms with van der Waals surface area (Å²) in [5.74, 6) is 1.83. The molecule has 5 aliphatic rings. The van der Waals surface area contributed by atoms with Gasteiger partial charge >= 0.3 is 0 Å². The Morgan fingerprint density at radius 1 is 0.955 bits per heavy atom. The molecular weight excluding hydrogens is 542 g/mol. The molecule has 236 valence electrons. The molecule has 2 aromatic carbocycles. The number of benzene rings is 2. The fourth-order valence-electron chi connectivity index (χ4n) is 11.1. The summed E-state index contributed by atoms with van der Waals surface area (Å²) in [4.78, 5) is 16.1. The van der Waals surface area contributed by atoms with Crippen LogP contribution in [0.4, 0.5) is 0 Å². The minimum absolute atomic E-state index is 0.0583. The minimum Gasteiger partial charge on any atom is -0.504 e. The van der Waals surface area contributed by atoms with Crippen molar-refractivity contribution in [2.45, 2.75) is 118 Å². The van der Waals surface area contributed by atoms with Crippen molar-refractivity contribution in [3.63, 3.8) is 0 Å². The predicted molar refractivity (Wildman–Crippen MR) is 177 cm³/mol. The topological polar surface area (TPSA) is 49.8 Å². The van der Waals surface area contributed by atoms with Crippen LogP contribution in [0.5, 0.6) is 11.5 Å². The Morgan fingerprint density at radius 2 is 1.66 bits per heavy atom. The van der Waals surface area contributed by atoms with E-state index < -0.39 is 0 Å². The van der Waals surface area contributed by atoms with E-state index in [0.717, 1.165) is 75.6 Å². The molecule has 6 atom stereocenters. The number of fused-ring (bicyclic) bond motifs is 7. The summed E-state index contributed by atoms with van der Waals surface area (Å²) >= 11 is 0. The molecule has 0 unspecified atom stereocenters. The molecule has 2 aromatic rings. The molecule has 0 radical (unpaired) electrons. The fourth-order valence-corrected chi connectivity index (χ4v) is 11.1. The molecular formula is C40H53NO3. The van der Waals surface area contributed by atoms with Crippen LogP contribution in [0.15, 0.2) is 48.0 Å². The molecule has 0 spiro atoms. The number of carbonyl (C=O) groups is 1. The molecule has 0 bridgehead atoms. The highest BCUT2D eigenvalue weighted by Crippen LogP contribution is 2.74. The molecule has 1 aliphatic heterocycles. The zero-order valence-electron chi connectivity index (χ0n) is 28.0. The first-order valence-corrected chi connectivity index (χ1v) is 17.4. The zero-order chi connectivity index (χ0) is 31.1. The van der Waals surface area contributed by atoms with Crippen LogP contribution in [0.3, 0.4) is 0 Å². The quantitative estimate of drug-likeness (QED) is 0.359. The first-order valence-electron chi connectivity index (χ1n) is 17.4. The number of nitrogens with zero attached hydrogens (tertiary/aromatic N) is 1. The van der Waals surface area contributed by atoms with Gasteiger partial charge in [0, 0.05) is 23.9 Å². The normalized spacial score (nSPS) is 37.7. The molecule has 1 N–H and O–H groups in total. The van der Waals surface area contributed by atoms with Crippen LogP contribution in [0.1, 0.15) is 115 Å². The van der Waals surface area contributed by atoms with Gasteiger partial charge in [0.1, 0.15) is 6.61 Å². The Labute approximate surface area is 265 Å². The Morgan fingerprint density at radius 3 is 2.39 bits per heavy atom. The highest BCUT2D eigenvalue weighted by atomic mass is 16.5. The van der Waals surface area contributed by atoms with Crippen LogP contribution < -0.4 is 4.74 Å². The Hall–Kier alpha value is -2.75. The standard InChI is InChI=1S/C40H53NO3/c1-27-29-14-15-32-38(4,30(29)24-31(42)34(27)44-26-28-12-8-7-9-13-28)19-21-40(6)33-25-37(3,35(43)41-22-10-11-23-41)17-16-36(33,2)18-20-39(32,40)5/h7-9,12-13,15,24,33,42H,10-11,14,16-23,25-26H2,1-6H3/t33-,36-,37-,38+,39-,40+/m1/s1. The number of hydrogen-bond donors (Lipinski definition) is 1. The third kappa shape index (κ3) is 4.18. The summed E-state index contributed by atoms with van der Waals surface area (Å²) in [7, 11) is 0. The van der Waals surface area contributed by atoms with Gasteiger partial charge in [0.2, 0.25) is 5.91 Å². The molecule has 1 saturated heterocycles. The van der Waals surface area contributed by atoms with Gasteiger partial charge in [0.25, 0.3) is 0 Å². The molecule has 4 aliphatic carbocycles. The first kappa shape index (κ1) is 29.9. The average molecular weight is 596 g/mol. The van der Waals surface area contributed by atoms with E-state index in [0.29, 0.717) is 29.6 Å². The number of rotatable bonds is 4. The van der Waals surface area contributed by atoms with Gasteiger partial charge in [-0.2, -0.15) is 0 Å². The molecule has 44 heavy (non-hydrogen) atoms. The number of aromatic hydroxyl groups is 1. The third-order valence-corrected chi connectivity index (χ3v) is 14.2. The van der Waals surface area contributed by atoms with Gasteiger partial charge in [-0.25, -0.2) is 0 Å². The maximum atomic E-state index is 14.0. The second kappa shape index (κ2) is 10.1. The lowest BCUT2D eigenvalue weighted by Crippen LogP contribution is -2.63. The van der Waals surface area contributed by atoms with Crippen molar-refractivity contribution in [1.82, 2.24) is 4.90 Å². The van der Waals surface area contributed by atoms with E-state index in [1.165, 1.54) is 24.0 Å². The lowest BCUT2D eigenvalue weighted by atomic mass is 9.34. The lowest BCUT2D eigenvalue weighted by Gasteiger charge is -2.70. The van der Waals surface area contributed by atoms with Crippen LogP contribution in [0.2, 0.25) is 0 Å². The summed E-state index contributed by atoms with van der Waals surface area (Å²) in [5, 5.41) is 11.4. The molecule has 3 saturated carbocycles. The number of hydrogen-bond acceptors (Lipinski definition) is 3. The highest BCUT2D eigenvalue weighted by Gasteiger charge is 2.67. The van der Waals surface area contributed by atoms with Gasteiger partial charge in [-0.05, 0) is 122 Å². The van der Waals surface area contributed by atoms with Gasteiger partial charge in [0.05, 0.1) is 0 Å². The van der Waals surface area contributed by atoms with Crippen LogP contribution in [0.25, 0.3) is 0 Å². The second-order valence-electron chi connectivity index (χ2n) is 16.5. The number of ether oxygens (including phenoxy) is 1. The van der Waals surface area contributed by atoms with Gasteiger partial charge in [-0.3, -0.25) is 4.79 Å². The number of amides is 1. The Kier molecular flexibility index (Phi) is 6.89. The van der Waals surface area contributed by atoms with Gasteiger partial charge in [-0.1, -0.05) is 76.6 Å². The number of allylic oxidation sites excluding steroid dienone is 2.